The molecular formula is C14H21N3S. The molecule has 2 atom stereocenters. The smallest absolute Gasteiger partial charge is 0.0963 e. The number of nitrogens with zero attached hydrogens (tertiary/aromatic N) is 2. The molecule has 1 aromatic rings. The molecule has 1 N–H and O–H groups in total. The van der Waals surface area contributed by atoms with Gasteiger partial charge < -0.3 is 10.2 Å². The van der Waals surface area contributed by atoms with Gasteiger partial charge in [0.2, 0.25) is 0 Å². The van der Waals surface area contributed by atoms with Gasteiger partial charge in [-0.3, -0.25) is 0 Å². The number of fused-ring (bicyclic) bond motifs is 3. The summed E-state index contributed by atoms with van der Waals surface area (Å²) in [5.74, 6) is 0.745. The number of rotatable bonds is 1. The monoisotopic (exact) mass is 263 g/mol. The van der Waals surface area contributed by atoms with E-state index in [2.05, 4.69) is 17.3 Å². The maximum Gasteiger partial charge on any atom is 0.0963 e. The van der Waals surface area contributed by atoms with Crippen molar-refractivity contribution in [2.45, 2.75) is 56.7 Å². The fourth-order valence-electron chi connectivity index (χ4n) is 3.93. The van der Waals surface area contributed by atoms with E-state index in [1.165, 1.54) is 41.3 Å². The lowest BCUT2D eigenvalue weighted by Crippen LogP contribution is -2.39. The summed E-state index contributed by atoms with van der Waals surface area (Å²) in [4.78, 5) is 9.08. The lowest BCUT2D eigenvalue weighted by molar-refractivity contribution is 0.161. The van der Waals surface area contributed by atoms with Gasteiger partial charge in [0.1, 0.15) is 0 Å². The van der Waals surface area contributed by atoms with Gasteiger partial charge in [0.05, 0.1) is 10.7 Å². The molecule has 3 aliphatic heterocycles. The van der Waals surface area contributed by atoms with Gasteiger partial charge in [-0.1, -0.05) is 0 Å². The van der Waals surface area contributed by atoms with Crippen LogP contribution in [0.5, 0.6) is 0 Å². The van der Waals surface area contributed by atoms with Crippen molar-refractivity contribution >= 4 is 11.3 Å². The minimum atomic E-state index is 0.745. The van der Waals surface area contributed by atoms with Crippen LogP contribution in [0.3, 0.4) is 0 Å². The predicted octanol–water partition coefficient (Wildman–Crippen LogP) is 2.13. The van der Waals surface area contributed by atoms with E-state index in [9.17, 15) is 0 Å². The maximum absolute atomic E-state index is 4.96. The quantitative estimate of drug-likeness (QED) is 0.841. The molecule has 4 rings (SSSR count). The molecule has 0 amide bonds. The summed E-state index contributed by atoms with van der Waals surface area (Å²) < 4.78 is 0. The fraction of sp³-hybridized carbons (Fsp3) is 0.786. The number of hydrogen-bond donors (Lipinski definition) is 1. The van der Waals surface area contributed by atoms with Crippen molar-refractivity contribution in [3.05, 3.63) is 15.6 Å². The molecule has 98 valence electrons. The molecule has 3 aliphatic rings. The van der Waals surface area contributed by atoms with Crippen LogP contribution in [0.15, 0.2) is 0 Å². The average Bonchev–Trinajstić information content (AvgIpc) is 2.87. The summed E-state index contributed by atoms with van der Waals surface area (Å²) in [6, 6.07) is 1.65. The van der Waals surface area contributed by atoms with Gasteiger partial charge in [-0.25, -0.2) is 4.98 Å². The van der Waals surface area contributed by atoms with E-state index in [0.29, 0.717) is 0 Å². The van der Waals surface area contributed by atoms with E-state index in [1.54, 1.807) is 0 Å². The van der Waals surface area contributed by atoms with Crippen LogP contribution in [0.1, 0.15) is 47.2 Å². The van der Waals surface area contributed by atoms with Crippen molar-refractivity contribution in [3.8, 4) is 0 Å². The molecule has 18 heavy (non-hydrogen) atoms. The summed E-state index contributed by atoms with van der Waals surface area (Å²) >= 11 is 1.98. The van der Waals surface area contributed by atoms with Gasteiger partial charge in [0.25, 0.3) is 0 Å². The largest absolute Gasteiger partial charge is 0.311 e. The Kier molecular flexibility index (Phi) is 2.71. The average molecular weight is 263 g/mol. The minimum Gasteiger partial charge on any atom is -0.311 e. The van der Waals surface area contributed by atoms with Gasteiger partial charge in [0, 0.05) is 42.4 Å². The number of hydrogen-bond acceptors (Lipinski definition) is 4. The lowest BCUT2D eigenvalue weighted by atomic mass is 9.92. The Bertz CT molecular complexity index is 418. The number of thiazole rings is 1. The first-order valence-electron chi connectivity index (χ1n) is 7.22. The van der Waals surface area contributed by atoms with Gasteiger partial charge in [-0.05, 0) is 32.7 Å². The molecule has 2 unspecified atom stereocenters. The Hall–Kier alpha value is -0.450. The standard InChI is InChI=1S/C14H21N3S/c1-17-10-2-3-11(17)7-9(6-10)14-16-12-4-5-15-8-13(12)18-14/h9-11,15H,2-8H2,1H3. The third kappa shape index (κ3) is 1.74. The second-order valence-corrected chi connectivity index (χ2v) is 7.18. The minimum absolute atomic E-state index is 0.745. The maximum atomic E-state index is 4.96. The van der Waals surface area contributed by atoms with Crippen molar-refractivity contribution < 1.29 is 0 Å². The predicted molar refractivity (Wildman–Crippen MR) is 74.1 cm³/mol. The second kappa shape index (κ2) is 4.29. The van der Waals surface area contributed by atoms with E-state index in [-0.39, 0.29) is 0 Å². The van der Waals surface area contributed by atoms with Crippen LogP contribution in [0.2, 0.25) is 0 Å². The lowest BCUT2D eigenvalue weighted by Gasteiger charge is -2.35. The third-order valence-corrected chi connectivity index (χ3v) is 6.33. The number of piperidine rings is 1. The van der Waals surface area contributed by atoms with E-state index in [0.717, 1.165) is 37.5 Å². The zero-order valence-electron chi connectivity index (χ0n) is 11.0. The first-order chi connectivity index (χ1) is 8.81. The topological polar surface area (TPSA) is 28.2 Å². The van der Waals surface area contributed by atoms with Crippen LogP contribution < -0.4 is 5.32 Å². The fourth-order valence-corrected chi connectivity index (χ4v) is 5.14. The molecule has 0 aliphatic carbocycles. The SMILES string of the molecule is CN1C2CCC1CC(c1nc3c(s1)CNCC3)C2. The van der Waals surface area contributed by atoms with Crippen molar-refractivity contribution in [2.24, 2.45) is 0 Å². The molecule has 0 saturated carbocycles. The van der Waals surface area contributed by atoms with Crippen LogP contribution in [0.25, 0.3) is 0 Å². The summed E-state index contributed by atoms with van der Waals surface area (Å²) in [5.41, 5.74) is 1.39. The Labute approximate surface area is 113 Å². The first-order valence-corrected chi connectivity index (χ1v) is 8.04. The van der Waals surface area contributed by atoms with Crippen molar-refractivity contribution in [3.63, 3.8) is 0 Å². The van der Waals surface area contributed by atoms with E-state index >= 15 is 0 Å². The van der Waals surface area contributed by atoms with Crippen molar-refractivity contribution in [1.29, 1.82) is 0 Å². The Morgan fingerprint density at radius 2 is 2.06 bits per heavy atom. The Morgan fingerprint density at radius 3 is 2.78 bits per heavy atom. The zero-order valence-corrected chi connectivity index (χ0v) is 11.8. The molecule has 0 radical (unpaired) electrons. The molecule has 0 spiro atoms. The van der Waals surface area contributed by atoms with Gasteiger partial charge in [0.15, 0.2) is 0 Å². The number of nitrogens with one attached hydrogen (secondary N) is 1. The van der Waals surface area contributed by atoms with Crippen LogP contribution in [0, 0.1) is 0 Å². The molecule has 2 fully saturated rings. The molecule has 4 heteroatoms. The van der Waals surface area contributed by atoms with Crippen molar-refractivity contribution in [1.82, 2.24) is 15.2 Å². The molecule has 4 heterocycles. The summed E-state index contributed by atoms with van der Waals surface area (Å²) in [7, 11) is 2.31. The van der Waals surface area contributed by atoms with Gasteiger partial charge >= 0.3 is 0 Å². The van der Waals surface area contributed by atoms with Crippen LogP contribution in [-0.2, 0) is 13.0 Å². The Morgan fingerprint density at radius 1 is 1.28 bits per heavy atom. The molecule has 2 bridgehead atoms. The van der Waals surface area contributed by atoms with Crippen LogP contribution in [0.4, 0.5) is 0 Å². The van der Waals surface area contributed by atoms with Crippen molar-refractivity contribution in [2.75, 3.05) is 13.6 Å². The highest BCUT2D eigenvalue weighted by atomic mass is 32.1. The highest BCUT2D eigenvalue weighted by Crippen LogP contribution is 2.43. The Balaban J connectivity index is 1.59. The summed E-state index contributed by atoms with van der Waals surface area (Å²) in [5, 5.41) is 4.89. The van der Waals surface area contributed by atoms with E-state index < -0.39 is 0 Å². The zero-order chi connectivity index (χ0) is 12.1. The first kappa shape index (κ1) is 11.4. The molecule has 1 aromatic heterocycles. The van der Waals surface area contributed by atoms with Gasteiger partial charge in [-0.2, -0.15) is 0 Å². The van der Waals surface area contributed by atoms with Crippen LogP contribution >= 0.6 is 11.3 Å². The highest BCUT2D eigenvalue weighted by molar-refractivity contribution is 7.11. The highest BCUT2D eigenvalue weighted by Gasteiger charge is 2.40. The van der Waals surface area contributed by atoms with E-state index in [4.69, 9.17) is 4.98 Å². The normalized spacial score (nSPS) is 35.7. The molecular weight excluding hydrogens is 242 g/mol. The van der Waals surface area contributed by atoms with Crippen LogP contribution in [-0.4, -0.2) is 35.6 Å². The van der Waals surface area contributed by atoms with E-state index in [1.807, 2.05) is 11.3 Å². The second-order valence-electron chi connectivity index (χ2n) is 6.07. The molecule has 0 aromatic carbocycles. The summed E-state index contributed by atoms with van der Waals surface area (Å²) in [6.07, 6.45) is 6.62. The number of aromatic nitrogens is 1. The van der Waals surface area contributed by atoms with Gasteiger partial charge in [-0.15, -0.1) is 11.3 Å². The third-order valence-electron chi connectivity index (χ3n) is 5.07. The molecule has 2 saturated heterocycles. The molecule has 3 nitrogen and oxygen atoms in total. The summed E-state index contributed by atoms with van der Waals surface area (Å²) in [6.45, 7) is 2.15.